The van der Waals surface area contributed by atoms with Crippen molar-refractivity contribution in [1.82, 2.24) is 0 Å². The van der Waals surface area contributed by atoms with Crippen LogP contribution in [0, 0.1) is 6.92 Å². The lowest BCUT2D eigenvalue weighted by molar-refractivity contribution is -0.00100. The molecule has 1 rings (SSSR count). The van der Waals surface area contributed by atoms with Crippen molar-refractivity contribution in [2.24, 2.45) is 0 Å². The first-order valence-electron chi connectivity index (χ1n) is 2.41. The van der Waals surface area contributed by atoms with Gasteiger partial charge in [0.25, 0.3) is 0 Å². The predicted octanol–water partition coefficient (Wildman–Crippen LogP) is -6.99. The third kappa shape index (κ3) is 6.21. The molecule has 0 heterocycles. The van der Waals surface area contributed by atoms with Crippen molar-refractivity contribution in [2.45, 2.75) is 6.92 Å². The van der Waals surface area contributed by atoms with Crippen LogP contribution in [-0.2, 0) is 0 Å². The first kappa shape index (κ1) is 16.6. The Bertz CT molecular complexity index is 139. The van der Waals surface area contributed by atoms with Crippen LogP contribution >= 0.6 is 0 Å². The second-order valence-corrected chi connectivity index (χ2v) is 1.65. The number of benzene rings is 1. The highest BCUT2D eigenvalue weighted by Crippen LogP contribution is 1.92. The van der Waals surface area contributed by atoms with Gasteiger partial charge < -0.3 is 37.2 Å². The van der Waals surface area contributed by atoms with Crippen LogP contribution in [0.3, 0.4) is 0 Å². The molecule has 0 aliphatic carbocycles. The van der Waals surface area contributed by atoms with Crippen molar-refractivity contribution < 1.29 is 37.2 Å². The zero-order chi connectivity index (χ0) is 5.11. The Balaban J connectivity index is -0.000000163. The molecule has 0 aliphatic heterocycles. The Labute approximate surface area is 80.3 Å². The average molecular weight is 198 g/mol. The van der Waals surface area contributed by atoms with E-state index in [2.05, 4.69) is 19.1 Å². The predicted molar refractivity (Wildman–Crippen MR) is 31.2 cm³/mol. The van der Waals surface area contributed by atoms with E-state index in [1.54, 1.807) is 0 Å². The normalized spacial score (nSPS) is 6.10. The third-order valence-electron chi connectivity index (χ3n) is 0.940. The molecule has 3 heteroatoms. The zero-order valence-corrected chi connectivity index (χ0v) is 7.79. The summed E-state index contributed by atoms with van der Waals surface area (Å²) in [6.07, 6.45) is 0. The Morgan fingerprint density at radius 3 is 1.40 bits per heavy atom. The van der Waals surface area contributed by atoms with Crippen molar-refractivity contribution >= 4 is 0 Å². The molecule has 0 aliphatic rings. The molecule has 0 saturated carbocycles. The molecule has 0 bridgehead atoms. The standard InChI is InChI=1S/C7H8.3ClH/c1-7-5-3-2-4-6-7;;;/h2-6H,1H3;3*1H/p-3. The van der Waals surface area contributed by atoms with Gasteiger partial charge in [-0.15, -0.1) is 0 Å². The quantitative estimate of drug-likeness (QED) is 0.389. The molecule has 0 aromatic heterocycles. The molecule has 0 amide bonds. The Hall–Kier alpha value is 0.0900. The van der Waals surface area contributed by atoms with Crippen LogP contribution in [0.1, 0.15) is 5.56 Å². The van der Waals surface area contributed by atoms with E-state index >= 15 is 0 Å². The Morgan fingerprint density at radius 1 is 0.800 bits per heavy atom. The molecule has 0 unspecified atom stereocenters. The molecule has 0 atom stereocenters. The molecule has 0 N–H and O–H groups in total. The van der Waals surface area contributed by atoms with Gasteiger partial charge in [0.05, 0.1) is 0 Å². The van der Waals surface area contributed by atoms with E-state index < -0.39 is 0 Å². The van der Waals surface area contributed by atoms with E-state index in [-0.39, 0.29) is 37.2 Å². The summed E-state index contributed by atoms with van der Waals surface area (Å²) >= 11 is 0. The maximum Gasteiger partial charge on any atom is -0.0398 e. The van der Waals surface area contributed by atoms with Crippen molar-refractivity contribution in [3.8, 4) is 0 Å². The molecule has 0 fully saturated rings. The van der Waals surface area contributed by atoms with Gasteiger partial charge in [-0.2, -0.15) is 0 Å². The van der Waals surface area contributed by atoms with Crippen LogP contribution in [0.2, 0.25) is 0 Å². The smallest absolute Gasteiger partial charge is 0.0398 e. The maximum atomic E-state index is 2.08. The molecular formula is C7H8Cl3-3. The minimum Gasteiger partial charge on any atom is -1.00 e. The topological polar surface area (TPSA) is 0 Å². The number of halogens is 3. The zero-order valence-electron chi connectivity index (χ0n) is 5.52. The van der Waals surface area contributed by atoms with Gasteiger partial charge in [0.2, 0.25) is 0 Å². The van der Waals surface area contributed by atoms with E-state index in [4.69, 9.17) is 0 Å². The molecule has 0 spiro atoms. The fourth-order valence-corrected chi connectivity index (χ4v) is 0.534. The molecule has 1 aromatic carbocycles. The molecule has 10 heavy (non-hydrogen) atoms. The van der Waals surface area contributed by atoms with Gasteiger partial charge in [-0.1, -0.05) is 35.9 Å². The molecular weight excluding hydrogens is 190 g/mol. The summed E-state index contributed by atoms with van der Waals surface area (Å²) in [5.41, 5.74) is 1.32. The Kier molecular flexibility index (Phi) is 15.1. The number of aryl methyl sites for hydroxylation is 1. The van der Waals surface area contributed by atoms with Crippen LogP contribution in [0.4, 0.5) is 0 Å². The van der Waals surface area contributed by atoms with Gasteiger partial charge in [0.15, 0.2) is 0 Å². The highest BCUT2D eigenvalue weighted by molar-refractivity contribution is 5.11. The molecule has 60 valence electrons. The van der Waals surface area contributed by atoms with Crippen LogP contribution in [-0.4, -0.2) is 0 Å². The summed E-state index contributed by atoms with van der Waals surface area (Å²) in [6, 6.07) is 10.3. The van der Waals surface area contributed by atoms with Crippen molar-refractivity contribution in [1.29, 1.82) is 0 Å². The fourth-order valence-electron chi connectivity index (χ4n) is 0.534. The van der Waals surface area contributed by atoms with Gasteiger partial charge in [-0.05, 0) is 6.92 Å². The van der Waals surface area contributed by atoms with Gasteiger partial charge in [0, 0.05) is 0 Å². The molecule has 0 radical (unpaired) electrons. The minimum absolute atomic E-state index is 0. The first-order chi connectivity index (χ1) is 3.39. The van der Waals surface area contributed by atoms with Crippen LogP contribution < -0.4 is 37.2 Å². The van der Waals surface area contributed by atoms with Gasteiger partial charge >= 0.3 is 0 Å². The van der Waals surface area contributed by atoms with E-state index in [9.17, 15) is 0 Å². The SMILES string of the molecule is Cc1ccccc1.[Cl-].[Cl-].[Cl-]. The molecule has 0 saturated heterocycles. The van der Waals surface area contributed by atoms with E-state index in [0.29, 0.717) is 0 Å². The van der Waals surface area contributed by atoms with Crippen LogP contribution in [0.15, 0.2) is 30.3 Å². The average Bonchev–Trinajstić information content (AvgIpc) is 1.69. The van der Waals surface area contributed by atoms with E-state index in [1.807, 2.05) is 18.2 Å². The van der Waals surface area contributed by atoms with Gasteiger partial charge in [-0.25, -0.2) is 0 Å². The fraction of sp³-hybridized carbons (Fsp3) is 0.143. The summed E-state index contributed by atoms with van der Waals surface area (Å²) in [5, 5.41) is 0. The van der Waals surface area contributed by atoms with Crippen molar-refractivity contribution in [2.75, 3.05) is 0 Å². The highest BCUT2D eigenvalue weighted by atomic mass is 35.5. The summed E-state index contributed by atoms with van der Waals surface area (Å²) in [4.78, 5) is 0. The van der Waals surface area contributed by atoms with Gasteiger partial charge in [-0.3, -0.25) is 0 Å². The summed E-state index contributed by atoms with van der Waals surface area (Å²) in [6.45, 7) is 2.08. The first-order valence-corrected chi connectivity index (χ1v) is 2.41. The van der Waals surface area contributed by atoms with Crippen LogP contribution in [0.25, 0.3) is 0 Å². The van der Waals surface area contributed by atoms with Crippen LogP contribution in [0.5, 0.6) is 0 Å². The monoisotopic (exact) mass is 197 g/mol. The number of rotatable bonds is 0. The second-order valence-electron chi connectivity index (χ2n) is 1.65. The van der Waals surface area contributed by atoms with E-state index in [1.165, 1.54) is 5.56 Å². The number of hydrogen-bond donors (Lipinski definition) is 0. The lowest BCUT2D eigenvalue weighted by atomic mass is 10.2. The van der Waals surface area contributed by atoms with Crippen molar-refractivity contribution in [3.05, 3.63) is 35.9 Å². The molecule has 1 aromatic rings. The second kappa shape index (κ2) is 9.09. The summed E-state index contributed by atoms with van der Waals surface area (Å²) < 4.78 is 0. The van der Waals surface area contributed by atoms with E-state index in [0.717, 1.165) is 0 Å². The lowest BCUT2D eigenvalue weighted by Gasteiger charge is -1.82. The number of hydrogen-bond acceptors (Lipinski definition) is 0. The molecule has 0 nitrogen and oxygen atoms in total. The summed E-state index contributed by atoms with van der Waals surface area (Å²) in [7, 11) is 0. The minimum atomic E-state index is 0. The highest BCUT2D eigenvalue weighted by Gasteiger charge is 1.72. The Morgan fingerprint density at radius 2 is 1.20 bits per heavy atom. The maximum absolute atomic E-state index is 2.08. The van der Waals surface area contributed by atoms with Crippen molar-refractivity contribution in [3.63, 3.8) is 0 Å². The third-order valence-corrected chi connectivity index (χ3v) is 0.940. The van der Waals surface area contributed by atoms with Gasteiger partial charge in [0.1, 0.15) is 0 Å². The summed E-state index contributed by atoms with van der Waals surface area (Å²) in [5.74, 6) is 0. The largest absolute Gasteiger partial charge is 1.00 e. The lowest BCUT2D eigenvalue weighted by Crippen LogP contribution is -3.00.